The molecule has 3 saturated heterocycles. The number of likely N-dealkylation sites (tertiary alicyclic amines) is 1. The van der Waals surface area contributed by atoms with Crippen molar-refractivity contribution in [2.75, 3.05) is 13.1 Å². The first-order valence-electron chi connectivity index (χ1n) is 11.0. The molecule has 0 bridgehead atoms. The molecule has 3 aromatic rings. The van der Waals surface area contributed by atoms with Gasteiger partial charge in [-0.25, -0.2) is 8.78 Å². The van der Waals surface area contributed by atoms with Crippen LogP contribution in [0.2, 0.25) is 0 Å². The van der Waals surface area contributed by atoms with Crippen LogP contribution in [0.3, 0.4) is 0 Å². The highest BCUT2D eigenvalue weighted by molar-refractivity contribution is 7.04. The van der Waals surface area contributed by atoms with Gasteiger partial charge in [0.1, 0.15) is 17.9 Å². The average Bonchev–Trinajstić information content (AvgIpc) is 3.49. The number of fused-ring (bicyclic) bond motifs is 2. The highest BCUT2D eigenvalue weighted by Crippen LogP contribution is 2.47. The molecule has 0 unspecified atom stereocenters. The molecule has 3 fully saturated rings. The minimum Gasteiger partial charge on any atom is -0.342 e. The number of hydrogen-bond acceptors (Lipinski definition) is 5. The van der Waals surface area contributed by atoms with E-state index >= 15 is 0 Å². The third kappa shape index (κ3) is 3.33. The van der Waals surface area contributed by atoms with E-state index in [9.17, 15) is 18.4 Å². The van der Waals surface area contributed by atoms with Gasteiger partial charge in [-0.15, -0.1) is 0 Å². The molecule has 1 aromatic heterocycles. The monoisotopic (exact) mass is 469 g/mol. The molecule has 0 N–H and O–H groups in total. The summed E-state index contributed by atoms with van der Waals surface area (Å²) < 4.78 is 38.1. The van der Waals surface area contributed by atoms with Gasteiger partial charge in [0.25, 0.3) is 11.8 Å². The quantitative estimate of drug-likeness (QED) is 0.563. The number of amides is 2. The van der Waals surface area contributed by atoms with Crippen molar-refractivity contribution < 1.29 is 23.1 Å². The van der Waals surface area contributed by atoms with Gasteiger partial charge >= 0.3 is 0 Å². The molecule has 6 rings (SSSR count). The molecule has 3 aliphatic heterocycles. The first-order valence-corrected chi connectivity index (χ1v) is 11.9. The molecule has 2 atom stereocenters. The largest absolute Gasteiger partial charge is 0.342 e. The Kier molecular flexibility index (Phi) is 4.74. The Morgan fingerprint density at radius 1 is 1.09 bits per heavy atom. The van der Waals surface area contributed by atoms with Crippen molar-refractivity contribution in [1.29, 1.82) is 0 Å². The fraction of sp³-hybridized carbons (Fsp3) is 0.375. The lowest BCUT2D eigenvalue weighted by Gasteiger charge is -2.37. The normalized spacial score (nSPS) is 24.1. The number of hydrogen-bond donors (Lipinski definition) is 0. The second-order valence-corrected chi connectivity index (χ2v) is 9.58. The molecule has 1 spiro atoms. The van der Waals surface area contributed by atoms with Gasteiger partial charge in [-0.1, -0.05) is 0 Å². The van der Waals surface area contributed by atoms with Gasteiger partial charge in [0.05, 0.1) is 11.6 Å². The Balaban J connectivity index is 1.18. The molecule has 0 aliphatic carbocycles. The summed E-state index contributed by atoms with van der Waals surface area (Å²) in [5, 5.41) is 2.85. The van der Waals surface area contributed by atoms with E-state index in [2.05, 4.69) is 4.37 Å². The van der Waals surface area contributed by atoms with Crippen LogP contribution in [0.25, 0.3) is 10.9 Å². The van der Waals surface area contributed by atoms with Crippen LogP contribution in [0.4, 0.5) is 8.78 Å². The lowest BCUT2D eigenvalue weighted by atomic mass is 9.89. The van der Waals surface area contributed by atoms with Crippen molar-refractivity contribution in [2.45, 2.75) is 43.6 Å². The van der Waals surface area contributed by atoms with Crippen molar-refractivity contribution in [1.82, 2.24) is 14.2 Å². The van der Waals surface area contributed by atoms with Crippen molar-refractivity contribution in [3.8, 4) is 0 Å². The summed E-state index contributed by atoms with van der Waals surface area (Å²) in [6, 6.07) is 8.48. The second kappa shape index (κ2) is 7.56. The minimum atomic E-state index is -0.979. The molecule has 9 heteroatoms. The molecule has 0 radical (unpaired) electrons. The average molecular weight is 470 g/mol. The topological polar surface area (TPSA) is 62.7 Å². The number of ether oxygens (including phenoxy) is 1. The zero-order chi connectivity index (χ0) is 22.7. The standard InChI is InChI=1S/C24H21F2N3O3S/c25-17-10-15(11-18(26)12-17)20-3-4-21-29(20)23(31)24(32-21)5-7-28(8-6-24)22(30)14-1-2-19-16(9-14)13-33-27-19/h1-2,9-13,20-21H,3-8H2/t20-,21+/m0/s1. The Bertz CT molecular complexity index is 1250. The van der Waals surface area contributed by atoms with Crippen molar-refractivity contribution in [3.05, 3.63) is 64.5 Å². The first-order chi connectivity index (χ1) is 15.9. The van der Waals surface area contributed by atoms with E-state index in [1.807, 2.05) is 17.5 Å². The van der Waals surface area contributed by atoms with Gasteiger partial charge < -0.3 is 14.5 Å². The van der Waals surface area contributed by atoms with E-state index in [0.29, 0.717) is 49.9 Å². The van der Waals surface area contributed by atoms with Gasteiger partial charge in [0.2, 0.25) is 0 Å². The van der Waals surface area contributed by atoms with Crippen LogP contribution in [-0.2, 0) is 9.53 Å². The van der Waals surface area contributed by atoms with Crippen LogP contribution in [0.5, 0.6) is 0 Å². The number of aromatic nitrogens is 1. The third-order valence-corrected chi connectivity index (χ3v) is 7.71. The predicted octanol–water partition coefficient (Wildman–Crippen LogP) is 4.27. The molecule has 4 heterocycles. The summed E-state index contributed by atoms with van der Waals surface area (Å²) in [7, 11) is 0. The zero-order valence-corrected chi connectivity index (χ0v) is 18.5. The number of carbonyl (C=O) groups excluding carboxylic acids is 2. The molecule has 33 heavy (non-hydrogen) atoms. The highest BCUT2D eigenvalue weighted by Gasteiger charge is 2.58. The Morgan fingerprint density at radius 2 is 1.85 bits per heavy atom. The summed E-state index contributed by atoms with van der Waals surface area (Å²) >= 11 is 1.35. The second-order valence-electron chi connectivity index (χ2n) is 8.96. The number of rotatable bonds is 2. The van der Waals surface area contributed by atoms with E-state index in [0.717, 1.165) is 17.0 Å². The molecule has 170 valence electrons. The maximum absolute atomic E-state index is 13.8. The third-order valence-electron chi connectivity index (χ3n) is 7.05. The lowest BCUT2D eigenvalue weighted by Crippen LogP contribution is -2.51. The maximum atomic E-state index is 13.8. The van der Waals surface area contributed by atoms with E-state index < -0.39 is 29.5 Å². The summed E-state index contributed by atoms with van der Waals surface area (Å²) in [5.74, 6) is -1.52. The van der Waals surface area contributed by atoms with E-state index in [1.54, 1.807) is 15.9 Å². The van der Waals surface area contributed by atoms with Gasteiger partial charge in [0.15, 0.2) is 5.60 Å². The summed E-state index contributed by atoms with van der Waals surface area (Å²) in [4.78, 5) is 29.9. The van der Waals surface area contributed by atoms with Crippen LogP contribution in [-0.4, -0.2) is 50.9 Å². The smallest absolute Gasteiger partial charge is 0.257 e. The van der Waals surface area contributed by atoms with Crippen LogP contribution >= 0.6 is 11.5 Å². The summed E-state index contributed by atoms with van der Waals surface area (Å²) in [5.41, 5.74) is 0.946. The van der Waals surface area contributed by atoms with Crippen LogP contribution in [0.1, 0.15) is 47.6 Å². The maximum Gasteiger partial charge on any atom is 0.257 e. The molecular weight excluding hydrogens is 448 g/mol. The van der Waals surface area contributed by atoms with Crippen LogP contribution in [0, 0.1) is 11.6 Å². The zero-order valence-electron chi connectivity index (χ0n) is 17.7. The van der Waals surface area contributed by atoms with Crippen LogP contribution < -0.4 is 0 Å². The van der Waals surface area contributed by atoms with Gasteiger partial charge in [-0.3, -0.25) is 9.59 Å². The van der Waals surface area contributed by atoms with Crippen LogP contribution in [0.15, 0.2) is 41.8 Å². The Hall–Kier alpha value is -2.91. The van der Waals surface area contributed by atoms with E-state index in [-0.39, 0.29) is 11.8 Å². The molecular formula is C24H21F2N3O3S. The fourth-order valence-corrected chi connectivity index (χ4v) is 6.03. The Morgan fingerprint density at radius 3 is 2.61 bits per heavy atom. The molecule has 3 aliphatic rings. The number of nitrogens with zero attached hydrogens (tertiary/aromatic N) is 3. The minimum absolute atomic E-state index is 0.0722. The Labute approximate surface area is 192 Å². The summed E-state index contributed by atoms with van der Waals surface area (Å²) in [6.07, 6.45) is 1.62. The summed E-state index contributed by atoms with van der Waals surface area (Å²) in [6.45, 7) is 0.814. The molecule has 0 saturated carbocycles. The van der Waals surface area contributed by atoms with E-state index in [1.165, 1.54) is 23.7 Å². The van der Waals surface area contributed by atoms with Gasteiger partial charge in [-0.05, 0) is 60.3 Å². The molecule has 2 amide bonds. The lowest BCUT2D eigenvalue weighted by molar-refractivity contribution is -0.142. The number of piperidine rings is 1. The number of carbonyl (C=O) groups is 2. The van der Waals surface area contributed by atoms with Crippen molar-refractivity contribution in [2.24, 2.45) is 0 Å². The predicted molar refractivity (Wildman–Crippen MR) is 118 cm³/mol. The van der Waals surface area contributed by atoms with E-state index in [4.69, 9.17) is 4.74 Å². The number of halogens is 2. The van der Waals surface area contributed by atoms with Crippen molar-refractivity contribution >= 4 is 34.2 Å². The van der Waals surface area contributed by atoms with Crippen molar-refractivity contribution in [3.63, 3.8) is 0 Å². The fourth-order valence-electron chi connectivity index (χ4n) is 5.40. The molecule has 6 nitrogen and oxygen atoms in total. The SMILES string of the molecule is O=C(c1ccc2nscc2c1)N1CCC2(CC1)O[C@@H]1CC[C@@H](c3cc(F)cc(F)c3)N1C2=O. The number of benzene rings is 2. The first kappa shape index (κ1) is 20.7. The van der Waals surface area contributed by atoms with Gasteiger partial charge in [-0.2, -0.15) is 4.37 Å². The molecule has 2 aromatic carbocycles. The highest BCUT2D eigenvalue weighted by atomic mass is 32.1. The van der Waals surface area contributed by atoms with Gasteiger partial charge in [0, 0.05) is 48.3 Å².